The highest BCUT2D eigenvalue weighted by molar-refractivity contribution is 6.32. The van der Waals surface area contributed by atoms with Gasteiger partial charge in [-0.05, 0) is 48.4 Å². The van der Waals surface area contributed by atoms with Crippen LogP contribution in [0.15, 0.2) is 72.8 Å². The van der Waals surface area contributed by atoms with Crippen molar-refractivity contribution >= 4 is 22.6 Å². The third-order valence-electron chi connectivity index (χ3n) is 4.77. The first-order chi connectivity index (χ1) is 14.3. The molecular formula is C24H24ClN3O. The van der Waals surface area contributed by atoms with Crippen LogP contribution in [0.5, 0.6) is 5.75 Å². The number of fused-ring (bicyclic) bond motifs is 1. The molecule has 0 unspecified atom stereocenters. The number of nitrogens with one attached hydrogen (secondary N) is 2. The highest BCUT2D eigenvalue weighted by Crippen LogP contribution is 2.26. The van der Waals surface area contributed by atoms with Crippen molar-refractivity contribution in [1.82, 2.24) is 15.3 Å². The zero-order valence-corrected chi connectivity index (χ0v) is 17.0. The lowest BCUT2D eigenvalue weighted by atomic mass is 10.2. The Morgan fingerprint density at radius 3 is 2.59 bits per heavy atom. The molecular weight excluding hydrogens is 382 g/mol. The minimum absolute atomic E-state index is 0.514. The maximum atomic E-state index is 6.39. The van der Waals surface area contributed by atoms with Crippen LogP contribution in [0.25, 0.3) is 11.0 Å². The minimum atomic E-state index is 0.514. The van der Waals surface area contributed by atoms with Crippen LogP contribution < -0.4 is 10.1 Å². The van der Waals surface area contributed by atoms with E-state index in [1.165, 1.54) is 0 Å². The number of rotatable bonds is 9. The molecule has 1 heterocycles. The fourth-order valence-corrected chi connectivity index (χ4v) is 3.50. The van der Waals surface area contributed by atoms with Crippen molar-refractivity contribution in [1.29, 1.82) is 0 Å². The number of nitrogens with zero attached hydrogens (tertiary/aromatic N) is 1. The predicted octanol–water partition coefficient (Wildman–Crippen LogP) is 5.52. The molecule has 0 saturated heterocycles. The zero-order valence-electron chi connectivity index (χ0n) is 16.2. The van der Waals surface area contributed by atoms with Crippen molar-refractivity contribution in [3.05, 3.63) is 94.8 Å². The summed E-state index contributed by atoms with van der Waals surface area (Å²) < 4.78 is 5.83. The van der Waals surface area contributed by atoms with Gasteiger partial charge < -0.3 is 15.0 Å². The second kappa shape index (κ2) is 9.59. The number of para-hydroxylation sites is 2. The summed E-state index contributed by atoms with van der Waals surface area (Å²) in [5, 5.41) is 4.11. The van der Waals surface area contributed by atoms with Gasteiger partial charge in [0.1, 0.15) is 18.2 Å². The lowest BCUT2D eigenvalue weighted by Crippen LogP contribution is -2.15. The lowest BCUT2D eigenvalue weighted by Gasteiger charge is -2.10. The maximum Gasteiger partial charge on any atom is 0.138 e. The van der Waals surface area contributed by atoms with Gasteiger partial charge >= 0.3 is 0 Å². The van der Waals surface area contributed by atoms with Gasteiger partial charge in [0.25, 0.3) is 0 Å². The van der Waals surface area contributed by atoms with Gasteiger partial charge in [-0.2, -0.15) is 0 Å². The first-order valence-electron chi connectivity index (χ1n) is 9.87. The summed E-state index contributed by atoms with van der Waals surface area (Å²) in [4.78, 5) is 7.99. The van der Waals surface area contributed by atoms with Crippen LogP contribution >= 0.6 is 11.6 Å². The molecule has 0 aliphatic heterocycles. The second-order valence-electron chi connectivity index (χ2n) is 7.02. The lowest BCUT2D eigenvalue weighted by molar-refractivity contribution is 0.306. The highest BCUT2D eigenvalue weighted by atomic mass is 35.5. The molecule has 0 atom stereocenters. The van der Waals surface area contributed by atoms with Crippen molar-refractivity contribution in [3.63, 3.8) is 0 Å². The maximum absolute atomic E-state index is 6.39. The van der Waals surface area contributed by atoms with Crippen LogP contribution in [0.4, 0.5) is 0 Å². The molecule has 2 N–H and O–H groups in total. The van der Waals surface area contributed by atoms with Crippen molar-refractivity contribution < 1.29 is 4.74 Å². The summed E-state index contributed by atoms with van der Waals surface area (Å²) in [5.41, 5.74) is 4.39. The number of aromatic nitrogens is 2. The molecule has 0 amide bonds. The largest absolute Gasteiger partial charge is 0.487 e. The fraction of sp³-hybridized carbons (Fsp3) is 0.208. The van der Waals surface area contributed by atoms with Gasteiger partial charge in [-0.3, -0.25) is 0 Å². The van der Waals surface area contributed by atoms with E-state index in [0.29, 0.717) is 17.4 Å². The molecule has 0 aliphatic carbocycles. The van der Waals surface area contributed by atoms with E-state index in [1.54, 1.807) is 0 Å². The van der Waals surface area contributed by atoms with Crippen molar-refractivity contribution in [3.8, 4) is 5.75 Å². The molecule has 0 spiro atoms. The Labute approximate surface area is 175 Å². The number of benzene rings is 3. The number of imidazole rings is 1. The van der Waals surface area contributed by atoms with E-state index in [0.717, 1.165) is 53.9 Å². The van der Waals surface area contributed by atoms with E-state index >= 15 is 0 Å². The van der Waals surface area contributed by atoms with E-state index in [9.17, 15) is 0 Å². The molecule has 0 bridgehead atoms. The van der Waals surface area contributed by atoms with E-state index in [-0.39, 0.29) is 0 Å². The Balaban J connectivity index is 1.21. The molecule has 4 rings (SSSR count). The molecule has 4 nitrogen and oxygen atoms in total. The first kappa shape index (κ1) is 19.5. The number of H-pyrrole nitrogens is 1. The monoisotopic (exact) mass is 405 g/mol. The molecule has 3 aromatic carbocycles. The average molecular weight is 406 g/mol. The van der Waals surface area contributed by atoms with Gasteiger partial charge in [-0.15, -0.1) is 0 Å². The Morgan fingerprint density at radius 2 is 1.76 bits per heavy atom. The van der Waals surface area contributed by atoms with Gasteiger partial charge in [0.2, 0.25) is 0 Å². The van der Waals surface area contributed by atoms with Crippen LogP contribution in [-0.4, -0.2) is 16.5 Å². The number of aryl methyl sites for hydroxylation is 1. The SMILES string of the molecule is Clc1cc(CNCCCc2nc3ccccc3[nH]2)ccc1OCc1ccccc1. The van der Waals surface area contributed by atoms with Crippen LogP contribution in [0.1, 0.15) is 23.4 Å². The molecule has 5 heteroatoms. The quantitative estimate of drug-likeness (QED) is 0.360. The number of aromatic amines is 1. The third kappa shape index (κ3) is 5.37. The van der Waals surface area contributed by atoms with E-state index in [1.807, 2.05) is 60.7 Å². The van der Waals surface area contributed by atoms with E-state index in [2.05, 4.69) is 27.4 Å². The highest BCUT2D eigenvalue weighted by Gasteiger charge is 2.05. The van der Waals surface area contributed by atoms with Gasteiger partial charge in [-0.1, -0.05) is 60.1 Å². The van der Waals surface area contributed by atoms with Crippen molar-refractivity contribution in [2.75, 3.05) is 6.54 Å². The van der Waals surface area contributed by atoms with Gasteiger partial charge in [0.05, 0.1) is 16.1 Å². The summed E-state index contributed by atoms with van der Waals surface area (Å²) in [5.74, 6) is 1.75. The van der Waals surface area contributed by atoms with Gasteiger partial charge in [0.15, 0.2) is 0 Å². The van der Waals surface area contributed by atoms with E-state index < -0.39 is 0 Å². The Bertz CT molecular complexity index is 1030. The van der Waals surface area contributed by atoms with Gasteiger partial charge in [-0.25, -0.2) is 4.98 Å². The summed E-state index contributed by atoms with van der Waals surface area (Å²) in [6.07, 6.45) is 1.94. The molecule has 0 aliphatic rings. The Kier molecular flexibility index (Phi) is 6.45. The molecule has 148 valence electrons. The average Bonchev–Trinajstić information content (AvgIpc) is 3.16. The normalized spacial score (nSPS) is 11.1. The summed E-state index contributed by atoms with van der Waals surface area (Å²) >= 11 is 6.39. The fourth-order valence-electron chi connectivity index (χ4n) is 3.24. The van der Waals surface area contributed by atoms with E-state index in [4.69, 9.17) is 16.3 Å². The number of ether oxygens (including phenoxy) is 1. The van der Waals surface area contributed by atoms with Crippen LogP contribution in [0.2, 0.25) is 5.02 Å². The smallest absolute Gasteiger partial charge is 0.138 e. The van der Waals surface area contributed by atoms with Crippen LogP contribution in [-0.2, 0) is 19.6 Å². The molecule has 29 heavy (non-hydrogen) atoms. The predicted molar refractivity (Wildman–Crippen MR) is 118 cm³/mol. The van der Waals surface area contributed by atoms with Crippen molar-refractivity contribution in [2.24, 2.45) is 0 Å². The third-order valence-corrected chi connectivity index (χ3v) is 5.06. The molecule has 0 fully saturated rings. The summed E-state index contributed by atoms with van der Waals surface area (Å²) in [6, 6.07) is 24.2. The summed E-state index contributed by atoms with van der Waals surface area (Å²) in [6.45, 7) is 2.21. The molecule has 1 aromatic heterocycles. The first-order valence-corrected chi connectivity index (χ1v) is 10.3. The Hall–Kier alpha value is -2.82. The van der Waals surface area contributed by atoms with Gasteiger partial charge in [0, 0.05) is 13.0 Å². The molecule has 4 aromatic rings. The summed E-state index contributed by atoms with van der Waals surface area (Å²) in [7, 11) is 0. The van der Waals surface area contributed by atoms with Crippen molar-refractivity contribution in [2.45, 2.75) is 26.0 Å². The topological polar surface area (TPSA) is 49.9 Å². The molecule has 0 radical (unpaired) electrons. The Morgan fingerprint density at radius 1 is 0.931 bits per heavy atom. The van der Waals surface area contributed by atoms with Crippen LogP contribution in [0.3, 0.4) is 0 Å². The number of halogens is 1. The standard InChI is InChI=1S/C24H24ClN3O/c25-20-15-19(12-13-23(20)29-17-18-7-2-1-3-8-18)16-26-14-6-11-24-27-21-9-4-5-10-22(21)28-24/h1-5,7-10,12-13,15,26H,6,11,14,16-17H2,(H,27,28). The number of hydrogen-bond donors (Lipinski definition) is 2. The molecule has 0 saturated carbocycles. The van der Waals surface area contributed by atoms with Crippen LogP contribution in [0, 0.1) is 0 Å². The minimum Gasteiger partial charge on any atom is -0.487 e. The zero-order chi connectivity index (χ0) is 19.9. The number of hydrogen-bond acceptors (Lipinski definition) is 3. The second-order valence-corrected chi connectivity index (χ2v) is 7.43.